The van der Waals surface area contributed by atoms with Crippen molar-refractivity contribution in [2.24, 2.45) is 0 Å². The van der Waals surface area contributed by atoms with Crippen LogP contribution in [0, 0.1) is 18.2 Å². The average molecular weight is 258 g/mol. The van der Waals surface area contributed by atoms with E-state index in [0.29, 0.717) is 10.8 Å². The molecule has 0 atom stereocenters. The summed E-state index contributed by atoms with van der Waals surface area (Å²) in [6.07, 6.45) is 5.36. The molecule has 0 radical (unpaired) electrons. The highest BCUT2D eigenvalue weighted by molar-refractivity contribution is 5.95. The minimum absolute atomic E-state index is 0.0704. The minimum Gasteiger partial charge on any atom is -0.507 e. The number of terminal acetylenes is 1. The summed E-state index contributed by atoms with van der Waals surface area (Å²) in [6.45, 7) is 8.02. The second-order valence-corrected chi connectivity index (χ2v) is 4.32. The lowest BCUT2D eigenvalue weighted by molar-refractivity contribution is 0.475. The summed E-state index contributed by atoms with van der Waals surface area (Å²) in [5.74, 6) is 1.97. The van der Waals surface area contributed by atoms with Crippen LogP contribution in [-0.4, -0.2) is 5.11 Å². The predicted octanol–water partition coefficient (Wildman–Crippen LogP) is 4.82. The number of hydrogen-bond acceptors (Lipinski definition) is 1. The van der Waals surface area contributed by atoms with Crippen LogP contribution in [0.2, 0.25) is 0 Å². The molecule has 0 aliphatic rings. The lowest BCUT2D eigenvalue weighted by Crippen LogP contribution is -1.95. The smallest absolute Gasteiger partial charge is 0.143 e. The molecule has 19 heavy (non-hydrogen) atoms. The highest BCUT2D eigenvalue weighted by Gasteiger charge is 2.14. The Morgan fingerprint density at radius 2 is 1.89 bits per heavy atom. The van der Waals surface area contributed by atoms with Gasteiger partial charge in [-0.3, -0.25) is 0 Å². The van der Waals surface area contributed by atoms with Gasteiger partial charge in [0.2, 0.25) is 0 Å². The van der Waals surface area contributed by atoms with Crippen molar-refractivity contribution in [2.45, 2.75) is 33.6 Å². The van der Waals surface area contributed by atoms with Crippen molar-refractivity contribution < 1.29 is 9.50 Å². The van der Waals surface area contributed by atoms with Crippen molar-refractivity contribution in [1.82, 2.24) is 0 Å². The maximum absolute atomic E-state index is 13.7. The molecule has 2 aromatic carbocycles. The second-order valence-electron chi connectivity index (χ2n) is 4.32. The normalized spacial score (nSPS) is 9.95. The molecular weight excluding hydrogens is 239 g/mol. The molecule has 0 unspecified atom stereocenters. The minimum atomic E-state index is -0.550. The number of halogens is 1. The lowest BCUT2D eigenvalue weighted by Gasteiger charge is -2.13. The van der Waals surface area contributed by atoms with Crippen LogP contribution in [0.3, 0.4) is 0 Å². The summed E-state index contributed by atoms with van der Waals surface area (Å²) in [4.78, 5) is 0. The van der Waals surface area contributed by atoms with Crippen LogP contribution >= 0.6 is 0 Å². The van der Waals surface area contributed by atoms with Crippen molar-refractivity contribution in [2.75, 3.05) is 0 Å². The zero-order chi connectivity index (χ0) is 14.6. The van der Waals surface area contributed by atoms with Crippen molar-refractivity contribution in [3.63, 3.8) is 0 Å². The van der Waals surface area contributed by atoms with Crippen LogP contribution in [0.4, 0.5) is 4.39 Å². The first kappa shape index (κ1) is 15.0. The Labute approximate surface area is 114 Å². The van der Waals surface area contributed by atoms with Crippen molar-refractivity contribution in [3.8, 4) is 18.1 Å². The quantitative estimate of drug-likeness (QED) is 0.727. The van der Waals surface area contributed by atoms with Gasteiger partial charge in [0.05, 0.1) is 5.56 Å². The first-order chi connectivity index (χ1) is 9.06. The van der Waals surface area contributed by atoms with Crippen LogP contribution in [0.15, 0.2) is 24.3 Å². The highest BCUT2D eigenvalue weighted by atomic mass is 19.1. The van der Waals surface area contributed by atoms with Crippen molar-refractivity contribution in [3.05, 3.63) is 41.2 Å². The van der Waals surface area contributed by atoms with Crippen LogP contribution in [0.5, 0.6) is 5.75 Å². The fraction of sp³-hybridized carbons (Fsp3) is 0.294. The molecule has 0 spiro atoms. The third-order valence-corrected chi connectivity index (χ3v) is 2.89. The van der Waals surface area contributed by atoms with Crippen LogP contribution in [0.1, 0.15) is 44.7 Å². The van der Waals surface area contributed by atoms with E-state index in [0.717, 1.165) is 11.6 Å². The number of fused-ring (bicyclic) bond motifs is 1. The van der Waals surface area contributed by atoms with E-state index in [-0.39, 0.29) is 17.2 Å². The van der Waals surface area contributed by atoms with Gasteiger partial charge in [0, 0.05) is 16.8 Å². The molecule has 100 valence electrons. The van der Waals surface area contributed by atoms with E-state index in [9.17, 15) is 9.50 Å². The van der Waals surface area contributed by atoms with Gasteiger partial charge >= 0.3 is 0 Å². The molecule has 0 bridgehead atoms. The van der Waals surface area contributed by atoms with Gasteiger partial charge in [-0.25, -0.2) is 4.39 Å². The van der Waals surface area contributed by atoms with Crippen LogP contribution in [-0.2, 0) is 0 Å². The van der Waals surface area contributed by atoms with Crippen molar-refractivity contribution in [1.29, 1.82) is 0 Å². The zero-order valence-electron chi connectivity index (χ0n) is 11.8. The molecule has 0 fully saturated rings. The fourth-order valence-electron chi connectivity index (χ4n) is 2.07. The molecule has 2 aromatic rings. The summed E-state index contributed by atoms with van der Waals surface area (Å²) in [5, 5.41) is 11.0. The Morgan fingerprint density at radius 1 is 1.26 bits per heavy atom. The topological polar surface area (TPSA) is 20.2 Å². The monoisotopic (exact) mass is 258 g/mol. The zero-order valence-corrected chi connectivity index (χ0v) is 11.8. The Hall–Kier alpha value is -2.01. The van der Waals surface area contributed by atoms with Gasteiger partial charge in [-0.2, -0.15) is 0 Å². The maximum atomic E-state index is 13.7. The largest absolute Gasteiger partial charge is 0.507 e. The van der Waals surface area contributed by atoms with Gasteiger partial charge in [-0.1, -0.05) is 51.8 Å². The summed E-state index contributed by atoms with van der Waals surface area (Å²) in [7, 11) is 0. The fourth-order valence-corrected chi connectivity index (χ4v) is 2.07. The van der Waals surface area contributed by atoms with Gasteiger partial charge in [0.25, 0.3) is 0 Å². The molecule has 1 nitrogen and oxygen atoms in total. The van der Waals surface area contributed by atoms with E-state index in [4.69, 9.17) is 6.42 Å². The number of benzene rings is 2. The average Bonchev–Trinajstić information content (AvgIpc) is 2.40. The summed E-state index contributed by atoms with van der Waals surface area (Å²) < 4.78 is 13.7. The van der Waals surface area contributed by atoms with Crippen LogP contribution in [0.25, 0.3) is 10.8 Å². The third kappa shape index (κ3) is 2.71. The summed E-state index contributed by atoms with van der Waals surface area (Å²) in [5.41, 5.74) is 1.17. The Balaban J connectivity index is 0.000000861. The number of phenols is 1. The van der Waals surface area contributed by atoms with E-state index < -0.39 is 5.82 Å². The summed E-state index contributed by atoms with van der Waals surface area (Å²) >= 11 is 0. The second kappa shape index (κ2) is 6.24. The molecule has 2 rings (SSSR count). The van der Waals surface area contributed by atoms with Crippen LogP contribution < -0.4 is 0 Å². The predicted molar refractivity (Wildman–Crippen MR) is 78.9 cm³/mol. The molecule has 0 amide bonds. The van der Waals surface area contributed by atoms with E-state index in [1.54, 1.807) is 6.07 Å². The number of aromatic hydroxyl groups is 1. The Kier molecular flexibility index (Phi) is 4.94. The molecule has 1 N–H and O–H groups in total. The first-order valence-corrected chi connectivity index (χ1v) is 6.47. The van der Waals surface area contributed by atoms with E-state index in [1.165, 1.54) is 0 Å². The lowest BCUT2D eigenvalue weighted by atomic mass is 9.92. The van der Waals surface area contributed by atoms with Crippen molar-refractivity contribution >= 4 is 10.8 Å². The molecule has 0 aliphatic carbocycles. The number of phenolic OH excluding ortho intramolecular Hbond substituents is 1. The highest BCUT2D eigenvalue weighted by Crippen LogP contribution is 2.34. The maximum Gasteiger partial charge on any atom is 0.143 e. The number of rotatable bonds is 1. The van der Waals surface area contributed by atoms with E-state index in [2.05, 4.69) is 5.92 Å². The SMILES string of the molecule is C#Cc1c(F)cc(O)c2cccc(C(C)C)c12.CC. The first-order valence-electron chi connectivity index (χ1n) is 6.47. The van der Waals surface area contributed by atoms with Gasteiger partial charge in [0.15, 0.2) is 0 Å². The molecule has 0 saturated heterocycles. The molecule has 0 aromatic heterocycles. The molecule has 0 heterocycles. The molecular formula is C17H19FO. The van der Waals surface area contributed by atoms with Gasteiger partial charge < -0.3 is 5.11 Å². The third-order valence-electron chi connectivity index (χ3n) is 2.89. The molecule has 0 saturated carbocycles. The Bertz CT molecular complexity index is 621. The number of hydrogen-bond donors (Lipinski definition) is 1. The Morgan fingerprint density at radius 3 is 2.42 bits per heavy atom. The standard InChI is InChI=1S/C15H13FO.C2H6/c1-4-10-13(16)8-14(17)12-7-5-6-11(9(2)3)15(10)12;1-2/h1,5-9,17H,2-3H3;1-2H3. The molecule has 2 heteroatoms. The molecule has 0 aliphatic heterocycles. The summed E-state index contributed by atoms with van der Waals surface area (Å²) in [6, 6.07) is 6.57. The van der Waals surface area contributed by atoms with E-state index in [1.807, 2.05) is 39.8 Å². The van der Waals surface area contributed by atoms with Gasteiger partial charge in [-0.05, 0) is 11.5 Å². The van der Waals surface area contributed by atoms with Gasteiger partial charge in [-0.15, -0.1) is 6.42 Å². The van der Waals surface area contributed by atoms with Gasteiger partial charge in [0.1, 0.15) is 11.6 Å². The van der Waals surface area contributed by atoms with E-state index >= 15 is 0 Å².